The summed E-state index contributed by atoms with van der Waals surface area (Å²) >= 11 is 0. The quantitative estimate of drug-likeness (QED) is 0.814. The highest BCUT2D eigenvalue weighted by Crippen LogP contribution is 2.30. The predicted molar refractivity (Wildman–Crippen MR) is 70.3 cm³/mol. The molecule has 4 nitrogen and oxygen atoms in total. The molecule has 1 aromatic carbocycles. The van der Waals surface area contributed by atoms with Crippen molar-refractivity contribution in [2.45, 2.75) is 26.4 Å². The number of carbonyl (C=O) groups excluding carboxylic acids is 1. The Kier molecular flexibility index (Phi) is 4.11. The molecule has 1 heterocycles. The minimum atomic E-state index is -4.43. The monoisotopic (exact) mass is 297 g/mol. The molecule has 0 aliphatic carbocycles. The van der Waals surface area contributed by atoms with Gasteiger partial charge in [-0.1, -0.05) is 25.1 Å². The summed E-state index contributed by atoms with van der Waals surface area (Å²) < 4.78 is 39.6. The van der Waals surface area contributed by atoms with E-state index in [1.165, 1.54) is 16.8 Å². The minimum absolute atomic E-state index is 0.154. The van der Waals surface area contributed by atoms with Crippen molar-refractivity contribution in [1.82, 2.24) is 15.0 Å². The molecule has 7 heteroatoms. The van der Waals surface area contributed by atoms with E-state index in [9.17, 15) is 18.0 Å². The van der Waals surface area contributed by atoms with Crippen molar-refractivity contribution in [3.05, 3.63) is 41.2 Å². The van der Waals surface area contributed by atoms with Gasteiger partial charge in [0, 0.05) is 0 Å². The zero-order chi connectivity index (χ0) is 15.6. The third-order valence-electron chi connectivity index (χ3n) is 2.92. The third-order valence-corrected chi connectivity index (χ3v) is 2.92. The Balaban J connectivity index is 2.52. The molecule has 0 aliphatic rings. The van der Waals surface area contributed by atoms with E-state index in [0.717, 1.165) is 12.1 Å². The summed E-state index contributed by atoms with van der Waals surface area (Å²) in [6.07, 6.45) is -3.37. The Hall–Kier alpha value is -2.18. The van der Waals surface area contributed by atoms with Crippen molar-refractivity contribution in [2.24, 2.45) is 5.92 Å². The van der Waals surface area contributed by atoms with Crippen molar-refractivity contribution in [2.75, 3.05) is 0 Å². The summed E-state index contributed by atoms with van der Waals surface area (Å²) in [5.74, 6) is 0.215. The standard InChI is InChI=1S/C14H14F3N3O/c1-9(2)6-13-12(8-21)18-19-20(13)11-5-3-4-10(7-11)14(15,16)17/h3-5,7-9H,6H2,1-2H3. The predicted octanol–water partition coefficient (Wildman–Crippen LogP) is 3.30. The van der Waals surface area contributed by atoms with Crippen LogP contribution in [-0.2, 0) is 12.6 Å². The van der Waals surface area contributed by atoms with Crippen molar-refractivity contribution in [3.63, 3.8) is 0 Å². The summed E-state index contributed by atoms with van der Waals surface area (Å²) in [6, 6.07) is 4.79. The molecule has 0 aliphatic heterocycles. The molecule has 0 radical (unpaired) electrons. The van der Waals surface area contributed by atoms with Gasteiger partial charge in [0.05, 0.1) is 16.9 Å². The first-order valence-corrected chi connectivity index (χ1v) is 6.40. The van der Waals surface area contributed by atoms with Gasteiger partial charge in [-0.2, -0.15) is 13.2 Å². The van der Waals surface area contributed by atoms with E-state index < -0.39 is 11.7 Å². The van der Waals surface area contributed by atoms with Crippen molar-refractivity contribution in [3.8, 4) is 5.69 Å². The molecule has 112 valence electrons. The molecule has 0 unspecified atom stereocenters. The second-order valence-corrected chi connectivity index (χ2v) is 5.10. The molecule has 2 aromatic rings. The molecule has 2 rings (SSSR count). The number of hydrogen-bond acceptors (Lipinski definition) is 3. The number of carbonyl (C=O) groups is 1. The summed E-state index contributed by atoms with van der Waals surface area (Å²) in [4.78, 5) is 11.0. The molecule has 0 N–H and O–H groups in total. The lowest BCUT2D eigenvalue weighted by molar-refractivity contribution is -0.137. The van der Waals surface area contributed by atoms with Crippen molar-refractivity contribution in [1.29, 1.82) is 0 Å². The van der Waals surface area contributed by atoms with Crippen molar-refractivity contribution >= 4 is 6.29 Å². The maximum Gasteiger partial charge on any atom is 0.416 e. The fourth-order valence-corrected chi connectivity index (χ4v) is 2.00. The Morgan fingerprint density at radius 2 is 2.05 bits per heavy atom. The van der Waals surface area contributed by atoms with Crippen LogP contribution >= 0.6 is 0 Å². The van der Waals surface area contributed by atoms with Gasteiger partial charge in [0.15, 0.2) is 6.29 Å². The van der Waals surface area contributed by atoms with Crippen molar-refractivity contribution < 1.29 is 18.0 Å². The Morgan fingerprint density at radius 3 is 2.62 bits per heavy atom. The summed E-state index contributed by atoms with van der Waals surface area (Å²) in [5.41, 5.74) is 0.139. The summed E-state index contributed by atoms with van der Waals surface area (Å²) in [5, 5.41) is 7.52. The van der Waals surface area contributed by atoms with Gasteiger partial charge in [-0.25, -0.2) is 4.68 Å². The molecule has 0 amide bonds. The molecule has 21 heavy (non-hydrogen) atoms. The lowest BCUT2D eigenvalue weighted by atomic mass is 10.1. The maximum atomic E-state index is 12.8. The number of halogens is 3. The van der Waals surface area contributed by atoms with Crippen LogP contribution in [0.3, 0.4) is 0 Å². The van der Waals surface area contributed by atoms with Gasteiger partial charge in [0.2, 0.25) is 0 Å². The number of aldehydes is 1. The molecule has 0 spiro atoms. The van der Waals surface area contributed by atoms with E-state index in [-0.39, 0.29) is 17.3 Å². The van der Waals surface area contributed by atoms with Crippen LogP contribution in [0.15, 0.2) is 24.3 Å². The van der Waals surface area contributed by atoms with Gasteiger partial charge in [-0.05, 0) is 30.5 Å². The van der Waals surface area contributed by atoms with Crippen LogP contribution in [0.4, 0.5) is 13.2 Å². The first-order chi connectivity index (χ1) is 9.82. The van der Waals surface area contributed by atoms with Gasteiger partial charge in [-0.15, -0.1) is 5.10 Å². The van der Waals surface area contributed by atoms with E-state index in [2.05, 4.69) is 10.3 Å². The second-order valence-electron chi connectivity index (χ2n) is 5.10. The zero-order valence-electron chi connectivity index (χ0n) is 11.6. The van der Waals surface area contributed by atoms with E-state index in [0.29, 0.717) is 18.4 Å². The summed E-state index contributed by atoms with van der Waals surface area (Å²) in [7, 11) is 0. The molecule has 0 saturated heterocycles. The SMILES string of the molecule is CC(C)Cc1c(C=O)nnn1-c1cccc(C(F)(F)F)c1. The Labute approximate surface area is 119 Å². The lowest BCUT2D eigenvalue weighted by Gasteiger charge is -2.11. The minimum Gasteiger partial charge on any atom is -0.296 e. The van der Waals surface area contributed by atoms with E-state index in [1.54, 1.807) is 0 Å². The molecule has 0 saturated carbocycles. The third kappa shape index (κ3) is 3.29. The highest BCUT2D eigenvalue weighted by molar-refractivity contribution is 5.73. The number of benzene rings is 1. The largest absolute Gasteiger partial charge is 0.416 e. The van der Waals surface area contributed by atoms with Crippen LogP contribution in [0.25, 0.3) is 5.69 Å². The van der Waals surface area contributed by atoms with Gasteiger partial charge < -0.3 is 0 Å². The Bertz CT molecular complexity index is 647. The number of aromatic nitrogens is 3. The van der Waals surface area contributed by atoms with Crippen LogP contribution < -0.4 is 0 Å². The number of nitrogens with zero attached hydrogens (tertiary/aromatic N) is 3. The molecule has 0 bridgehead atoms. The average Bonchev–Trinajstić information content (AvgIpc) is 2.80. The molecular formula is C14H14F3N3O. The van der Waals surface area contributed by atoms with Crippen LogP contribution in [0.2, 0.25) is 0 Å². The lowest BCUT2D eigenvalue weighted by Crippen LogP contribution is -2.10. The van der Waals surface area contributed by atoms with Crippen LogP contribution in [0.5, 0.6) is 0 Å². The molecular weight excluding hydrogens is 283 g/mol. The highest BCUT2D eigenvalue weighted by Gasteiger charge is 2.30. The van der Waals surface area contributed by atoms with Gasteiger partial charge in [0.25, 0.3) is 0 Å². The second kappa shape index (κ2) is 5.67. The highest BCUT2D eigenvalue weighted by atomic mass is 19.4. The van der Waals surface area contributed by atoms with E-state index >= 15 is 0 Å². The first kappa shape index (κ1) is 15.2. The van der Waals surface area contributed by atoms with Crippen LogP contribution in [-0.4, -0.2) is 21.3 Å². The van der Waals surface area contributed by atoms with E-state index in [1.807, 2.05) is 13.8 Å². The molecule has 0 fully saturated rings. The number of alkyl halides is 3. The Morgan fingerprint density at radius 1 is 1.33 bits per heavy atom. The topological polar surface area (TPSA) is 47.8 Å². The van der Waals surface area contributed by atoms with Gasteiger partial charge in [0.1, 0.15) is 5.69 Å². The van der Waals surface area contributed by atoms with E-state index in [4.69, 9.17) is 0 Å². The first-order valence-electron chi connectivity index (χ1n) is 6.40. The van der Waals surface area contributed by atoms with Gasteiger partial charge >= 0.3 is 6.18 Å². The average molecular weight is 297 g/mol. The fraction of sp³-hybridized carbons (Fsp3) is 0.357. The normalized spacial score (nSPS) is 11.9. The zero-order valence-corrected chi connectivity index (χ0v) is 11.6. The smallest absolute Gasteiger partial charge is 0.296 e. The molecule has 1 aromatic heterocycles. The van der Waals surface area contributed by atoms with Crippen LogP contribution in [0.1, 0.15) is 35.6 Å². The van der Waals surface area contributed by atoms with Gasteiger partial charge in [-0.3, -0.25) is 4.79 Å². The molecule has 0 atom stereocenters. The summed E-state index contributed by atoms with van der Waals surface area (Å²) in [6.45, 7) is 3.89. The van der Waals surface area contributed by atoms with Crippen LogP contribution in [0, 0.1) is 5.92 Å². The number of rotatable bonds is 4. The maximum absolute atomic E-state index is 12.8. The number of hydrogen-bond donors (Lipinski definition) is 0. The fourth-order valence-electron chi connectivity index (χ4n) is 2.00.